The second-order valence-corrected chi connectivity index (χ2v) is 5.51. The van der Waals surface area contributed by atoms with Gasteiger partial charge < -0.3 is 9.64 Å². The van der Waals surface area contributed by atoms with Gasteiger partial charge >= 0.3 is 6.01 Å². The number of ether oxygens (including phenoxy) is 1. The van der Waals surface area contributed by atoms with Gasteiger partial charge in [-0.25, -0.2) is 14.4 Å². The molecule has 1 aliphatic heterocycles. The third-order valence-electron chi connectivity index (χ3n) is 3.77. The zero-order valence-electron chi connectivity index (χ0n) is 12.9. The van der Waals surface area contributed by atoms with E-state index in [0.29, 0.717) is 24.2 Å². The Morgan fingerprint density at radius 3 is 2.92 bits per heavy atom. The van der Waals surface area contributed by atoms with Crippen molar-refractivity contribution in [1.82, 2.24) is 14.9 Å². The number of carbonyl (C=O) groups is 1. The Morgan fingerprint density at radius 1 is 1.38 bits per heavy atom. The molecule has 0 N–H and O–H groups in total. The van der Waals surface area contributed by atoms with Crippen molar-refractivity contribution < 1.29 is 13.9 Å². The summed E-state index contributed by atoms with van der Waals surface area (Å²) >= 11 is 0. The fourth-order valence-electron chi connectivity index (χ4n) is 2.63. The lowest BCUT2D eigenvalue weighted by molar-refractivity contribution is 0.0515. The lowest BCUT2D eigenvalue weighted by Crippen LogP contribution is -2.44. The second kappa shape index (κ2) is 7.04. The molecule has 6 nitrogen and oxygen atoms in total. The van der Waals surface area contributed by atoms with Crippen molar-refractivity contribution in [2.75, 3.05) is 13.1 Å². The quantitative estimate of drug-likeness (QED) is 0.863. The minimum Gasteiger partial charge on any atom is -0.458 e. The highest BCUT2D eigenvalue weighted by Crippen LogP contribution is 2.18. The second-order valence-electron chi connectivity index (χ2n) is 5.51. The van der Waals surface area contributed by atoms with Crippen LogP contribution in [-0.2, 0) is 0 Å². The summed E-state index contributed by atoms with van der Waals surface area (Å²) in [5, 5.41) is 8.94. The first-order valence-electron chi connectivity index (χ1n) is 7.59. The maximum atomic E-state index is 12.8. The van der Waals surface area contributed by atoms with Crippen molar-refractivity contribution in [3.8, 4) is 12.1 Å². The van der Waals surface area contributed by atoms with Gasteiger partial charge in [-0.05, 0) is 31.0 Å². The van der Waals surface area contributed by atoms with E-state index >= 15 is 0 Å². The minimum atomic E-state index is -0.528. The number of hydrogen-bond acceptors (Lipinski definition) is 5. The van der Waals surface area contributed by atoms with E-state index < -0.39 is 5.82 Å². The van der Waals surface area contributed by atoms with Crippen LogP contribution in [0.25, 0.3) is 0 Å². The summed E-state index contributed by atoms with van der Waals surface area (Å²) in [4.78, 5) is 21.8. The van der Waals surface area contributed by atoms with Crippen LogP contribution in [0, 0.1) is 17.1 Å². The van der Waals surface area contributed by atoms with Crippen molar-refractivity contribution in [3.63, 3.8) is 0 Å². The van der Waals surface area contributed by atoms with Gasteiger partial charge in [0.1, 0.15) is 6.10 Å². The van der Waals surface area contributed by atoms with E-state index in [0.717, 1.165) is 25.2 Å². The maximum Gasteiger partial charge on any atom is 0.316 e. The fourth-order valence-corrected chi connectivity index (χ4v) is 2.63. The molecule has 1 aromatic heterocycles. The molecule has 2 aromatic rings. The molecular weight excluding hydrogens is 311 g/mol. The standard InChI is InChI=1S/C17H15FN4O2/c18-14-9-20-17(21-10-14)24-15-5-2-6-22(11-15)16(23)13-4-1-3-12(7-13)8-19/h1,3-4,7,9-10,15H,2,5-6,11H2/t15-/m1/s1. The molecule has 3 rings (SSSR count). The SMILES string of the molecule is N#Cc1cccc(C(=O)N2CCC[C@@H](Oc3ncc(F)cn3)C2)c1. The molecule has 7 heteroatoms. The number of nitrogens with zero attached hydrogens (tertiary/aromatic N) is 4. The smallest absolute Gasteiger partial charge is 0.316 e. The van der Waals surface area contributed by atoms with E-state index in [1.165, 1.54) is 0 Å². The third-order valence-corrected chi connectivity index (χ3v) is 3.77. The zero-order valence-corrected chi connectivity index (χ0v) is 12.9. The van der Waals surface area contributed by atoms with Gasteiger partial charge in [0.05, 0.1) is 30.6 Å². The van der Waals surface area contributed by atoms with Crippen LogP contribution in [0.5, 0.6) is 6.01 Å². The Labute approximate surface area is 138 Å². The van der Waals surface area contributed by atoms with Gasteiger partial charge in [0.25, 0.3) is 5.91 Å². The summed E-state index contributed by atoms with van der Waals surface area (Å²) in [7, 11) is 0. The number of aromatic nitrogens is 2. The molecule has 2 heterocycles. The number of nitriles is 1. The molecule has 0 unspecified atom stereocenters. The molecule has 0 aliphatic carbocycles. The molecule has 1 atom stereocenters. The van der Waals surface area contributed by atoms with E-state index in [1.807, 2.05) is 6.07 Å². The highest BCUT2D eigenvalue weighted by atomic mass is 19.1. The maximum absolute atomic E-state index is 12.8. The topological polar surface area (TPSA) is 79.1 Å². The summed E-state index contributed by atoms with van der Waals surface area (Å²) in [5.41, 5.74) is 0.929. The Morgan fingerprint density at radius 2 is 2.17 bits per heavy atom. The van der Waals surface area contributed by atoms with Crippen LogP contribution in [0.4, 0.5) is 4.39 Å². The monoisotopic (exact) mass is 326 g/mol. The molecular formula is C17H15FN4O2. The molecule has 1 fully saturated rings. The third kappa shape index (κ3) is 3.66. The molecule has 1 saturated heterocycles. The van der Waals surface area contributed by atoms with Crippen LogP contribution < -0.4 is 4.74 Å². The Hall–Kier alpha value is -3.01. The van der Waals surface area contributed by atoms with Crippen molar-refractivity contribution in [1.29, 1.82) is 5.26 Å². The number of benzene rings is 1. The lowest BCUT2D eigenvalue weighted by atomic mass is 10.1. The molecule has 1 aliphatic rings. The predicted molar refractivity (Wildman–Crippen MR) is 82.7 cm³/mol. The predicted octanol–water partition coefficient (Wildman–Crippen LogP) is 2.17. The molecule has 1 aromatic carbocycles. The first kappa shape index (κ1) is 15.9. The summed E-state index contributed by atoms with van der Waals surface area (Å²) in [5.74, 6) is -0.666. The van der Waals surface area contributed by atoms with Crippen LogP contribution in [0.3, 0.4) is 0 Å². The lowest BCUT2D eigenvalue weighted by Gasteiger charge is -2.32. The van der Waals surface area contributed by atoms with Crippen LogP contribution in [-0.4, -0.2) is 40.0 Å². The van der Waals surface area contributed by atoms with Gasteiger partial charge in [-0.15, -0.1) is 0 Å². The molecule has 1 amide bonds. The number of halogens is 1. The number of carbonyl (C=O) groups excluding carboxylic acids is 1. The molecule has 122 valence electrons. The number of hydrogen-bond donors (Lipinski definition) is 0. The van der Waals surface area contributed by atoms with Gasteiger partial charge in [-0.1, -0.05) is 6.07 Å². The summed E-state index contributed by atoms with van der Waals surface area (Å²) in [6, 6.07) is 8.75. The average molecular weight is 326 g/mol. The highest BCUT2D eigenvalue weighted by Gasteiger charge is 2.26. The van der Waals surface area contributed by atoms with Gasteiger partial charge in [-0.3, -0.25) is 4.79 Å². The minimum absolute atomic E-state index is 0.0992. The first-order valence-corrected chi connectivity index (χ1v) is 7.59. The van der Waals surface area contributed by atoms with E-state index in [9.17, 15) is 9.18 Å². The zero-order chi connectivity index (χ0) is 16.9. The van der Waals surface area contributed by atoms with Crippen molar-refractivity contribution in [2.45, 2.75) is 18.9 Å². The van der Waals surface area contributed by atoms with E-state index in [-0.39, 0.29) is 18.0 Å². The van der Waals surface area contributed by atoms with Crippen LogP contribution >= 0.6 is 0 Å². The molecule has 0 radical (unpaired) electrons. The van der Waals surface area contributed by atoms with E-state index in [4.69, 9.17) is 10.00 Å². The fraction of sp³-hybridized carbons (Fsp3) is 0.294. The van der Waals surface area contributed by atoms with Crippen molar-refractivity contribution >= 4 is 5.91 Å². The molecule has 24 heavy (non-hydrogen) atoms. The van der Waals surface area contributed by atoms with Crippen LogP contribution in [0.2, 0.25) is 0 Å². The van der Waals surface area contributed by atoms with E-state index in [2.05, 4.69) is 9.97 Å². The average Bonchev–Trinajstić information content (AvgIpc) is 2.63. The van der Waals surface area contributed by atoms with Gasteiger partial charge in [0.15, 0.2) is 5.82 Å². The number of likely N-dealkylation sites (tertiary alicyclic amines) is 1. The highest BCUT2D eigenvalue weighted by molar-refractivity contribution is 5.94. The normalized spacial score (nSPS) is 17.2. The van der Waals surface area contributed by atoms with Gasteiger partial charge in [-0.2, -0.15) is 5.26 Å². The van der Waals surface area contributed by atoms with Crippen LogP contribution in [0.15, 0.2) is 36.7 Å². The van der Waals surface area contributed by atoms with E-state index in [1.54, 1.807) is 29.2 Å². The van der Waals surface area contributed by atoms with Crippen molar-refractivity contribution in [3.05, 3.63) is 53.6 Å². The number of amides is 1. The Balaban J connectivity index is 1.67. The van der Waals surface area contributed by atoms with Gasteiger partial charge in [0.2, 0.25) is 0 Å². The first-order chi connectivity index (χ1) is 11.7. The number of rotatable bonds is 3. The molecule has 0 saturated carbocycles. The largest absolute Gasteiger partial charge is 0.458 e. The Kier molecular flexibility index (Phi) is 4.66. The molecule has 0 spiro atoms. The number of piperidine rings is 1. The van der Waals surface area contributed by atoms with Crippen molar-refractivity contribution in [2.24, 2.45) is 0 Å². The Bertz CT molecular complexity index is 773. The van der Waals surface area contributed by atoms with Gasteiger partial charge in [0, 0.05) is 12.1 Å². The summed E-state index contributed by atoms with van der Waals surface area (Å²) < 4.78 is 18.5. The summed E-state index contributed by atoms with van der Waals surface area (Å²) in [6.45, 7) is 1.02. The molecule has 0 bridgehead atoms. The van der Waals surface area contributed by atoms with Crippen LogP contribution in [0.1, 0.15) is 28.8 Å². The summed E-state index contributed by atoms with van der Waals surface area (Å²) in [6.07, 6.45) is 3.40.